The highest BCUT2D eigenvalue weighted by atomic mass is 31.2. The topological polar surface area (TPSA) is 298 Å². The van der Waals surface area contributed by atoms with Crippen LogP contribution in [0.1, 0.15) is 5.76 Å². The van der Waals surface area contributed by atoms with Gasteiger partial charge in [-0.1, -0.05) is 6.08 Å². The number of aromatic nitrogens is 4. The Bertz CT molecular complexity index is 1780. The lowest BCUT2D eigenvalue weighted by Crippen LogP contribution is -2.62. The first kappa shape index (κ1) is 28.9. The number of aromatic amines is 1. The minimum atomic E-state index is -4.91. The van der Waals surface area contributed by atoms with Gasteiger partial charge in [-0.05, 0) is 0 Å². The lowest BCUT2D eigenvalue weighted by molar-refractivity contribution is 0.102. The van der Waals surface area contributed by atoms with Gasteiger partial charge in [-0.25, -0.2) is 19.1 Å². The summed E-state index contributed by atoms with van der Waals surface area (Å²) in [6, 6.07) is 0. The van der Waals surface area contributed by atoms with E-state index in [-0.39, 0.29) is 23.0 Å². The van der Waals surface area contributed by atoms with Crippen molar-refractivity contribution in [3.63, 3.8) is 0 Å². The predicted octanol–water partition coefficient (Wildman–Crippen LogP) is -1.55. The van der Waals surface area contributed by atoms with E-state index in [1.165, 1.54) is 4.90 Å². The van der Waals surface area contributed by atoms with E-state index in [4.69, 9.17) is 33.0 Å². The smallest absolute Gasteiger partial charge is 0.500 e. The fourth-order valence-electron chi connectivity index (χ4n) is 4.90. The van der Waals surface area contributed by atoms with Crippen LogP contribution >= 0.6 is 16.3 Å². The van der Waals surface area contributed by atoms with Crippen LogP contribution < -0.4 is 31.4 Å². The molecule has 0 radical (unpaired) electrons. The Hall–Kier alpha value is -3.85. The second-order valence-corrected chi connectivity index (χ2v) is 12.4. The van der Waals surface area contributed by atoms with Gasteiger partial charge in [0, 0.05) is 18.8 Å². The predicted molar refractivity (Wildman–Crippen MR) is 145 cm³/mol. The molecular weight excluding hydrogens is 634 g/mol. The molecule has 7 heterocycles. The summed E-state index contributed by atoms with van der Waals surface area (Å²) >= 11 is 0. The largest absolute Gasteiger partial charge is 0.663 e. The van der Waals surface area contributed by atoms with Gasteiger partial charge in [0.05, 0.1) is 18.7 Å². The number of nitrogens with zero attached hydrogens (tertiary/aromatic N) is 4. The lowest BCUT2D eigenvalue weighted by Gasteiger charge is -2.36. The van der Waals surface area contributed by atoms with Crippen molar-refractivity contribution in [2.24, 2.45) is 11.7 Å². The SMILES string of the molecule is NC1NCNC2C1C=CN2c1oc2c(c1O)O[P+](O)(O)O/C=C1/OC(n3cnc4c(=O)[nH]cnc43)=C(O[P+](O)(O)OC2)[C@@H]1O. The monoisotopic (exact) mass is 658 g/mol. The van der Waals surface area contributed by atoms with Crippen LogP contribution in [0.3, 0.4) is 0 Å². The number of furan rings is 1. The van der Waals surface area contributed by atoms with E-state index in [1.807, 2.05) is 0 Å². The summed E-state index contributed by atoms with van der Waals surface area (Å²) < 4.78 is 33.1. The normalized spacial score (nSPS) is 28.8. The van der Waals surface area contributed by atoms with Crippen molar-refractivity contribution in [3.8, 4) is 11.5 Å². The fourth-order valence-corrected chi connectivity index (χ4v) is 6.39. The number of nitrogens with one attached hydrogen (secondary N) is 3. The molecule has 3 aromatic rings. The standard InChI is InChI=1S/C21H22N8O13P2/c22-16-8-1-2-28(17(8)24-5-23-16)20-13(31)14-10(40-20)4-38-44(35,36)42-15-12(30)9(3-37-43(33,34)41-14)39-21(15)29-7-27-11-18(29)25-6-26-19(11)32/h1-3,6-8,12,16-17,23-24,30,33-36H,4-5,22H2/p+2/b9-3+/t8?,12-,16?,17?/m1/s1. The minimum absolute atomic E-state index is 0.0683. The molecule has 234 valence electrons. The van der Waals surface area contributed by atoms with Gasteiger partial charge in [-0.15, -0.1) is 4.52 Å². The molecule has 0 aromatic carbocycles. The number of hydrogen-bond donors (Lipinski definition) is 10. The summed E-state index contributed by atoms with van der Waals surface area (Å²) in [7, 11) is -9.82. The van der Waals surface area contributed by atoms with E-state index in [0.717, 1.165) is 17.2 Å². The van der Waals surface area contributed by atoms with Crippen molar-refractivity contribution in [1.82, 2.24) is 30.2 Å². The second kappa shape index (κ2) is 10.4. The van der Waals surface area contributed by atoms with Crippen molar-refractivity contribution in [2.45, 2.75) is 25.0 Å². The molecule has 4 atom stereocenters. The number of hydrogen-bond acceptors (Lipinski definition) is 19. The molecule has 7 rings (SSSR count). The van der Waals surface area contributed by atoms with Crippen LogP contribution in [-0.2, 0) is 24.9 Å². The number of anilines is 1. The zero-order valence-electron chi connectivity index (χ0n) is 21.9. The van der Waals surface area contributed by atoms with Gasteiger partial charge in [0.2, 0.25) is 11.6 Å². The van der Waals surface area contributed by atoms with Crippen LogP contribution in [0.4, 0.5) is 5.88 Å². The van der Waals surface area contributed by atoms with Gasteiger partial charge >= 0.3 is 16.3 Å². The van der Waals surface area contributed by atoms with E-state index >= 15 is 0 Å². The highest BCUT2D eigenvalue weighted by Crippen LogP contribution is 2.61. The Balaban J connectivity index is 1.26. The second-order valence-electron chi connectivity index (χ2n) is 9.65. The number of imidazole rings is 1. The van der Waals surface area contributed by atoms with Crippen molar-refractivity contribution in [1.29, 1.82) is 0 Å². The van der Waals surface area contributed by atoms with Crippen molar-refractivity contribution in [3.05, 3.63) is 58.8 Å². The average Bonchev–Trinajstić information content (AvgIpc) is 3.73. The highest BCUT2D eigenvalue weighted by Gasteiger charge is 2.53. The minimum Gasteiger partial charge on any atom is -0.500 e. The molecule has 44 heavy (non-hydrogen) atoms. The molecule has 4 aliphatic heterocycles. The Kier molecular flexibility index (Phi) is 6.81. The summed E-state index contributed by atoms with van der Waals surface area (Å²) in [6.45, 7) is -0.535. The van der Waals surface area contributed by atoms with Crippen LogP contribution in [0.2, 0.25) is 0 Å². The van der Waals surface area contributed by atoms with Crippen molar-refractivity contribution in [2.75, 3.05) is 11.6 Å². The Morgan fingerprint density at radius 2 is 1.93 bits per heavy atom. The summed E-state index contributed by atoms with van der Waals surface area (Å²) in [5.74, 6) is -3.90. The molecule has 3 aromatic heterocycles. The van der Waals surface area contributed by atoms with Gasteiger partial charge in [-0.2, -0.15) is 19.6 Å². The number of aliphatic hydroxyl groups is 1. The van der Waals surface area contributed by atoms with Gasteiger partial charge in [0.25, 0.3) is 23.0 Å². The number of rotatable bonds is 2. The highest BCUT2D eigenvalue weighted by molar-refractivity contribution is 7.55. The first-order chi connectivity index (χ1) is 20.9. The molecule has 21 nitrogen and oxygen atoms in total. The quantitative estimate of drug-likeness (QED) is 0.139. The zero-order chi connectivity index (χ0) is 31.0. The molecule has 0 aliphatic carbocycles. The van der Waals surface area contributed by atoms with Crippen LogP contribution in [0.5, 0.6) is 11.5 Å². The first-order valence-electron chi connectivity index (χ1n) is 12.6. The lowest BCUT2D eigenvalue weighted by atomic mass is 10.0. The first-order valence-corrected chi connectivity index (χ1v) is 15.6. The number of nitrogens with two attached hydrogens (primary N) is 1. The maximum atomic E-state index is 12.1. The zero-order valence-corrected chi connectivity index (χ0v) is 23.7. The molecule has 0 saturated carbocycles. The Labute approximate surface area is 245 Å². The van der Waals surface area contributed by atoms with E-state index in [1.54, 1.807) is 12.3 Å². The number of ether oxygens (including phenoxy) is 1. The summed E-state index contributed by atoms with van der Waals surface area (Å²) in [4.78, 5) is 66.6. The number of H-pyrrole nitrogens is 1. The molecule has 4 aliphatic rings. The molecule has 2 bridgehead atoms. The van der Waals surface area contributed by atoms with Crippen LogP contribution in [0, 0.1) is 5.92 Å². The van der Waals surface area contributed by atoms with Gasteiger partial charge in [-0.3, -0.25) is 29.4 Å². The van der Waals surface area contributed by atoms with Gasteiger partial charge in [0.15, 0.2) is 41.7 Å². The van der Waals surface area contributed by atoms with Crippen LogP contribution in [0.25, 0.3) is 17.0 Å². The van der Waals surface area contributed by atoms with Gasteiger partial charge in [0.1, 0.15) is 6.33 Å². The summed E-state index contributed by atoms with van der Waals surface area (Å²) in [5.41, 5.74) is 5.32. The Morgan fingerprint density at radius 1 is 1.11 bits per heavy atom. The molecule has 23 heteroatoms. The van der Waals surface area contributed by atoms with E-state index in [9.17, 15) is 34.6 Å². The summed E-state index contributed by atoms with van der Waals surface area (Å²) in [6.07, 6.45) is 3.24. The average molecular weight is 658 g/mol. The molecular formula is C21H24N8O13P2+2. The van der Waals surface area contributed by atoms with Crippen molar-refractivity contribution < 1.29 is 57.0 Å². The number of fused-ring (bicyclic) bond motifs is 5. The molecule has 3 unspecified atom stereocenters. The van der Waals surface area contributed by atoms with E-state index < -0.39 is 81.6 Å². The third-order valence-corrected chi connectivity index (χ3v) is 8.62. The maximum absolute atomic E-state index is 12.1. The van der Waals surface area contributed by atoms with E-state index in [0.29, 0.717) is 12.9 Å². The molecule has 0 amide bonds. The number of aromatic hydroxyl groups is 1. The summed E-state index contributed by atoms with van der Waals surface area (Å²) in [5, 5.41) is 28.1. The van der Waals surface area contributed by atoms with Gasteiger partial charge < -0.3 is 30.1 Å². The number of aliphatic hydroxyl groups excluding tert-OH is 1. The molecule has 11 N–H and O–H groups in total. The third-order valence-electron chi connectivity index (χ3n) is 6.92. The van der Waals surface area contributed by atoms with Crippen LogP contribution in [0.15, 0.2) is 51.9 Å². The third kappa shape index (κ3) is 4.85. The molecule has 1 saturated heterocycles. The fraction of sp³-hybridized carbons (Fsp3) is 0.286. The maximum Gasteiger partial charge on any atom is 0.663 e. The van der Waals surface area contributed by atoms with E-state index in [2.05, 4.69) is 25.6 Å². The molecule has 0 spiro atoms. The van der Waals surface area contributed by atoms with Crippen molar-refractivity contribution >= 4 is 39.3 Å². The van der Waals surface area contributed by atoms with Crippen LogP contribution in [-0.4, -0.2) is 74.4 Å². The molecule has 1 fully saturated rings. The Morgan fingerprint density at radius 3 is 2.75 bits per heavy atom.